The smallest absolute Gasteiger partial charge is 0.172 e. The first-order chi connectivity index (χ1) is 16.5. The number of allylic oxidation sites excluding steroid dienone is 2. The molecule has 0 unspecified atom stereocenters. The van der Waals surface area contributed by atoms with Crippen LogP contribution in [0.25, 0.3) is 44.1 Å². The molecule has 34 heavy (non-hydrogen) atoms. The molecule has 0 spiro atoms. The Bertz CT molecular complexity index is 1530. The highest BCUT2D eigenvalue weighted by molar-refractivity contribution is 6.04. The van der Waals surface area contributed by atoms with Gasteiger partial charge in [-0.3, -0.25) is 0 Å². The Hall–Kier alpha value is -4.12. The van der Waals surface area contributed by atoms with Gasteiger partial charge in [-0.1, -0.05) is 48.0 Å². The van der Waals surface area contributed by atoms with Crippen LogP contribution in [0.4, 0.5) is 0 Å². The zero-order valence-electron chi connectivity index (χ0n) is 19.8. The molecule has 0 saturated carbocycles. The lowest BCUT2D eigenvalue weighted by Gasteiger charge is -2.22. The van der Waals surface area contributed by atoms with E-state index in [1.165, 1.54) is 5.57 Å². The van der Waals surface area contributed by atoms with Crippen LogP contribution >= 0.6 is 0 Å². The fraction of sp³-hybridized carbons (Fsp3) is 0.172. The Balaban J connectivity index is 1.91. The number of phenols is 1. The minimum absolute atomic E-state index is 0.102. The van der Waals surface area contributed by atoms with Crippen LogP contribution in [0, 0.1) is 0 Å². The Morgan fingerprint density at radius 2 is 1.32 bits per heavy atom. The van der Waals surface area contributed by atoms with Gasteiger partial charge in [-0.05, 0) is 32.4 Å². The van der Waals surface area contributed by atoms with Crippen molar-refractivity contribution in [3.8, 4) is 39.5 Å². The van der Waals surface area contributed by atoms with Gasteiger partial charge in [0.25, 0.3) is 0 Å². The van der Waals surface area contributed by atoms with Gasteiger partial charge in [0.05, 0.1) is 19.8 Å². The Morgan fingerprint density at radius 1 is 0.794 bits per heavy atom. The highest BCUT2D eigenvalue weighted by atomic mass is 16.5. The van der Waals surface area contributed by atoms with Crippen molar-refractivity contribution in [2.45, 2.75) is 20.3 Å². The maximum Gasteiger partial charge on any atom is 0.172 e. The maximum atomic E-state index is 11.7. The van der Waals surface area contributed by atoms with Crippen LogP contribution in [0.15, 0.2) is 72.6 Å². The molecule has 0 saturated heterocycles. The van der Waals surface area contributed by atoms with Gasteiger partial charge in [-0.25, -0.2) is 0 Å². The summed E-state index contributed by atoms with van der Waals surface area (Å²) in [6, 6.07) is 16.2. The van der Waals surface area contributed by atoms with Gasteiger partial charge in [-0.2, -0.15) is 0 Å². The molecular formula is C29H28N2O3. The van der Waals surface area contributed by atoms with Crippen LogP contribution < -0.4 is 9.47 Å². The summed E-state index contributed by atoms with van der Waals surface area (Å²) in [7, 11) is 3.26. The summed E-state index contributed by atoms with van der Waals surface area (Å²) in [6.45, 7) is 4.14. The number of benzene rings is 3. The molecule has 0 aliphatic carbocycles. The lowest BCUT2D eigenvalue weighted by molar-refractivity contribution is 0.366. The second-order valence-corrected chi connectivity index (χ2v) is 8.63. The predicted molar refractivity (Wildman–Crippen MR) is 139 cm³/mol. The molecule has 0 amide bonds. The number of para-hydroxylation sites is 2. The molecule has 2 aromatic heterocycles. The first-order valence-corrected chi connectivity index (χ1v) is 11.3. The molecule has 5 heteroatoms. The number of methoxy groups -OCH3 is 2. The van der Waals surface area contributed by atoms with Gasteiger partial charge in [-0.15, -0.1) is 0 Å². The van der Waals surface area contributed by atoms with Crippen LogP contribution in [0.5, 0.6) is 17.2 Å². The number of phenolic OH excluding ortho intramolecular Hbond substituents is 1. The minimum atomic E-state index is 0.102. The summed E-state index contributed by atoms with van der Waals surface area (Å²) < 4.78 is 11.9. The molecule has 0 fully saturated rings. The maximum absolute atomic E-state index is 11.7. The van der Waals surface area contributed by atoms with Crippen LogP contribution in [0.1, 0.15) is 19.4 Å². The molecule has 3 N–H and O–H groups in total. The Morgan fingerprint density at radius 3 is 1.85 bits per heavy atom. The quantitative estimate of drug-likeness (QED) is 0.238. The molecule has 5 nitrogen and oxygen atoms in total. The van der Waals surface area contributed by atoms with E-state index in [1.54, 1.807) is 14.2 Å². The molecule has 2 heterocycles. The van der Waals surface area contributed by atoms with E-state index in [1.807, 2.05) is 48.8 Å². The molecule has 0 aliphatic heterocycles. The van der Waals surface area contributed by atoms with E-state index in [-0.39, 0.29) is 5.75 Å². The van der Waals surface area contributed by atoms with Crippen LogP contribution in [-0.4, -0.2) is 29.3 Å². The zero-order chi connectivity index (χ0) is 23.8. The standard InChI is InChI=1S/C29H28N2O3/c1-17(2)13-14-20-25(21-15-30-23-11-7-5-9-18(21)23)27(32)29(34-4)26(28(20)33-3)22-16-31-24-12-8-6-10-19(22)24/h5-13,15-16,30-32H,14H2,1-4H3. The number of nitrogens with one attached hydrogen (secondary N) is 2. The van der Waals surface area contributed by atoms with E-state index < -0.39 is 0 Å². The van der Waals surface area contributed by atoms with Gasteiger partial charge in [0, 0.05) is 56.5 Å². The van der Waals surface area contributed by atoms with Crippen LogP contribution in [0.3, 0.4) is 0 Å². The Labute approximate surface area is 198 Å². The molecule has 0 bridgehead atoms. The van der Waals surface area contributed by atoms with Crippen molar-refractivity contribution in [3.05, 3.63) is 78.1 Å². The molecule has 0 aliphatic rings. The lowest BCUT2D eigenvalue weighted by atomic mass is 9.89. The SMILES string of the molecule is COc1c(O)c(-c2c[nH]c3ccccc23)c(CC=C(C)C)c(OC)c1-c1c[nH]c2ccccc12. The van der Waals surface area contributed by atoms with Crippen molar-refractivity contribution in [1.82, 2.24) is 9.97 Å². The number of fused-ring (bicyclic) bond motifs is 2. The normalized spacial score (nSPS) is 11.2. The van der Waals surface area contributed by atoms with Gasteiger partial charge in [0.2, 0.25) is 0 Å². The van der Waals surface area contributed by atoms with E-state index in [9.17, 15) is 5.11 Å². The number of hydrogen-bond donors (Lipinski definition) is 3. The lowest BCUT2D eigenvalue weighted by Crippen LogP contribution is -2.02. The fourth-order valence-corrected chi connectivity index (χ4v) is 4.76. The van der Waals surface area contributed by atoms with E-state index in [2.05, 4.69) is 42.0 Å². The van der Waals surface area contributed by atoms with E-state index >= 15 is 0 Å². The first-order valence-electron chi connectivity index (χ1n) is 11.3. The van der Waals surface area contributed by atoms with Crippen molar-refractivity contribution in [1.29, 1.82) is 0 Å². The number of aromatic hydroxyl groups is 1. The third kappa shape index (κ3) is 3.41. The monoisotopic (exact) mass is 452 g/mol. The highest BCUT2D eigenvalue weighted by Crippen LogP contribution is 2.54. The number of ether oxygens (including phenoxy) is 2. The molecule has 172 valence electrons. The van der Waals surface area contributed by atoms with Crippen molar-refractivity contribution in [3.63, 3.8) is 0 Å². The van der Waals surface area contributed by atoms with Crippen LogP contribution in [0.2, 0.25) is 0 Å². The highest BCUT2D eigenvalue weighted by Gasteiger charge is 2.29. The summed E-state index contributed by atoms with van der Waals surface area (Å²) in [4.78, 5) is 6.67. The summed E-state index contributed by atoms with van der Waals surface area (Å²) in [6.07, 6.45) is 6.64. The topological polar surface area (TPSA) is 70.3 Å². The average Bonchev–Trinajstić information content (AvgIpc) is 3.46. The number of rotatable bonds is 6. The number of aromatic nitrogens is 2. The third-order valence-corrected chi connectivity index (χ3v) is 6.32. The summed E-state index contributed by atoms with van der Waals surface area (Å²) in [5.74, 6) is 1.19. The van der Waals surface area contributed by atoms with Gasteiger partial charge < -0.3 is 24.5 Å². The molecule has 5 aromatic rings. The number of aromatic amines is 2. The number of H-pyrrole nitrogens is 2. The average molecular weight is 453 g/mol. The van der Waals surface area contributed by atoms with Crippen molar-refractivity contribution in [2.24, 2.45) is 0 Å². The van der Waals surface area contributed by atoms with Gasteiger partial charge in [0.1, 0.15) is 5.75 Å². The first kappa shape index (κ1) is 21.7. The second kappa shape index (κ2) is 8.67. The van der Waals surface area contributed by atoms with Crippen molar-refractivity contribution >= 4 is 21.8 Å². The van der Waals surface area contributed by atoms with Crippen molar-refractivity contribution < 1.29 is 14.6 Å². The van der Waals surface area contributed by atoms with Crippen molar-refractivity contribution in [2.75, 3.05) is 14.2 Å². The summed E-state index contributed by atoms with van der Waals surface area (Å²) in [5.41, 5.74) is 7.39. The minimum Gasteiger partial charge on any atom is -0.504 e. The second-order valence-electron chi connectivity index (χ2n) is 8.63. The number of hydrogen-bond acceptors (Lipinski definition) is 3. The predicted octanol–water partition coefficient (Wildman–Crippen LogP) is 7.21. The molecule has 0 atom stereocenters. The summed E-state index contributed by atoms with van der Waals surface area (Å²) in [5, 5.41) is 13.8. The largest absolute Gasteiger partial charge is 0.504 e. The Kier molecular flexibility index (Phi) is 5.54. The van der Waals surface area contributed by atoms with E-state index in [4.69, 9.17) is 9.47 Å². The van der Waals surface area contributed by atoms with Crippen LogP contribution in [-0.2, 0) is 6.42 Å². The summed E-state index contributed by atoms with van der Waals surface area (Å²) >= 11 is 0. The van der Waals surface area contributed by atoms with E-state index in [0.717, 1.165) is 44.1 Å². The molecule has 0 radical (unpaired) electrons. The fourth-order valence-electron chi connectivity index (χ4n) is 4.76. The molecular weight excluding hydrogens is 424 g/mol. The molecule has 3 aromatic carbocycles. The van der Waals surface area contributed by atoms with E-state index in [0.29, 0.717) is 23.5 Å². The molecule has 5 rings (SSSR count). The third-order valence-electron chi connectivity index (χ3n) is 6.32. The van der Waals surface area contributed by atoms with Gasteiger partial charge in [0.15, 0.2) is 11.5 Å². The van der Waals surface area contributed by atoms with Gasteiger partial charge >= 0.3 is 0 Å². The zero-order valence-corrected chi connectivity index (χ0v) is 19.8.